The lowest BCUT2D eigenvalue weighted by Crippen LogP contribution is -2.43. The number of carbonyl (C=O) groups excluding carboxylic acids is 1. The van der Waals surface area contributed by atoms with Gasteiger partial charge in [0.2, 0.25) is 5.91 Å². The van der Waals surface area contributed by atoms with Crippen LogP contribution >= 0.6 is 0 Å². The molecule has 1 fully saturated rings. The highest BCUT2D eigenvalue weighted by Crippen LogP contribution is 2.30. The second-order valence-electron chi connectivity index (χ2n) is 5.11. The fraction of sp³-hybridized carbons (Fsp3) is 0.909. The molecule has 13 heavy (non-hydrogen) atoms. The highest BCUT2D eigenvalue weighted by Gasteiger charge is 2.33. The van der Waals surface area contributed by atoms with Gasteiger partial charge in [-0.25, -0.2) is 0 Å². The summed E-state index contributed by atoms with van der Waals surface area (Å²) in [5, 5.41) is 3.13. The molecule has 1 rings (SSSR count). The lowest BCUT2D eigenvalue weighted by molar-refractivity contribution is -0.123. The van der Waals surface area contributed by atoms with Gasteiger partial charge in [-0.15, -0.1) is 0 Å². The van der Waals surface area contributed by atoms with Gasteiger partial charge in [0.1, 0.15) is 0 Å². The third kappa shape index (κ3) is 3.02. The van der Waals surface area contributed by atoms with E-state index in [1.54, 1.807) is 0 Å². The van der Waals surface area contributed by atoms with E-state index in [9.17, 15) is 4.79 Å². The Labute approximate surface area is 81.1 Å². The van der Waals surface area contributed by atoms with Crippen LogP contribution in [0.2, 0.25) is 0 Å². The monoisotopic (exact) mass is 183 g/mol. The predicted octanol–water partition coefficient (Wildman–Crippen LogP) is 2.34. The Morgan fingerprint density at radius 1 is 1.46 bits per heavy atom. The zero-order chi connectivity index (χ0) is 10.1. The first-order valence-electron chi connectivity index (χ1n) is 5.25. The van der Waals surface area contributed by atoms with E-state index >= 15 is 0 Å². The minimum atomic E-state index is 0.180. The van der Waals surface area contributed by atoms with Gasteiger partial charge in [0.15, 0.2) is 0 Å². The Balaban J connectivity index is 2.43. The van der Waals surface area contributed by atoms with Gasteiger partial charge in [-0.2, -0.15) is 0 Å². The molecule has 1 amide bonds. The summed E-state index contributed by atoms with van der Waals surface area (Å²) >= 11 is 0. The maximum atomic E-state index is 11.5. The van der Waals surface area contributed by atoms with Gasteiger partial charge >= 0.3 is 0 Å². The summed E-state index contributed by atoms with van der Waals surface area (Å²) in [5.74, 6) is 0.596. The molecule has 0 spiro atoms. The van der Waals surface area contributed by atoms with Gasteiger partial charge in [-0.1, -0.05) is 27.7 Å². The average Bonchev–Trinajstić information content (AvgIpc) is 2.78. The minimum Gasteiger partial charge on any atom is -0.353 e. The van der Waals surface area contributed by atoms with Crippen LogP contribution in [0.5, 0.6) is 0 Å². The molecule has 0 aliphatic heterocycles. The topological polar surface area (TPSA) is 29.1 Å². The van der Waals surface area contributed by atoms with Gasteiger partial charge in [0.25, 0.3) is 0 Å². The number of hydrogen-bond donors (Lipinski definition) is 1. The molecule has 1 unspecified atom stereocenters. The Morgan fingerprint density at radius 2 is 2.00 bits per heavy atom. The summed E-state index contributed by atoms with van der Waals surface area (Å²) < 4.78 is 0. The van der Waals surface area contributed by atoms with Crippen molar-refractivity contribution in [3.05, 3.63) is 0 Å². The summed E-state index contributed by atoms with van der Waals surface area (Å²) in [6.07, 6.45) is 3.20. The molecule has 1 N–H and O–H groups in total. The van der Waals surface area contributed by atoms with Crippen molar-refractivity contribution in [3.63, 3.8) is 0 Å². The molecule has 0 saturated heterocycles. The Bertz CT molecular complexity index is 189. The van der Waals surface area contributed by atoms with E-state index in [1.807, 2.05) is 0 Å². The van der Waals surface area contributed by atoms with Crippen LogP contribution in [-0.4, -0.2) is 11.9 Å². The Hall–Kier alpha value is -0.530. The van der Waals surface area contributed by atoms with E-state index in [0.717, 1.165) is 19.3 Å². The SMILES string of the molecule is CCC(NC(=O)C1CC1)C(C)(C)C. The van der Waals surface area contributed by atoms with Crippen LogP contribution in [0.15, 0.2) is 0 Å². The van der Waals surface area contributed by atoms with Crippen molar-refractivity contribution >= 4 is 5.91 Å². The lowest BCUT2D eigenvalue weighted by Gasteiger charge is -2.30. The molecule has 1 atom stereocenters. The fourth-order valence-electron chi connectivity index (χ4n) is 1.57. The maximum absolute atomic E-state index is 11.5. The van der Waals surface area contributed by atoms with Crippen molar-refractivity contribution in [1.29, 1.82) is 0 Å². The van der Waals surface area contributed by atoms with Crippen molar-refractivity contribution in [2.24, 2.45) is 11.3 Å². The summed E-state index contributed by atoms with van der Waals surface area (Å²) in [7, 11) is 0. The molecule has 1 saturated carbocycles. The van der Waals surface area contributed by atoms with Crippen LogP contribution < -0.4 is 5.32 Å². The summed E-state index contributed by atoms with van der Waals surface area (Å²) in [5.41, 5.74) is 0.180. The third-order valence-corrected chi connectivity index (χ3v) is 2.72. The molecule has 76 valence electrons. The standard InChI is InChI=1S/C11H21NO/c1-5-9(11(2,3)4)12-10(13)8-6-7-8/h8-9H,5-7H2,1-4H3,(H,12,13). The summed E-state index contributed by atoms with van der Waals surface area (Å²) in [6, 6.07) is 0.320. The molecule has 1 aliphatic carbocycles. The van der Waals surface area contributed by atoms with Crippen molar-refractivity contribution in [2.45, 2.75) is 53.0 Å². The van der Waals surface area contributed by atoms with Gasteiger partial charge in [-0.05, 0) is 24.7 Å². The second kappa shape index (κ2) is 3.69. The molecule has 0 radical (unpaired) electrons. The lowest BCUT2D eigenvalue weighted by atomic mass is 9.85. The molecular formula is C11H21NO. The van der Waals surface area contributed by atoms with E-state index in [4.69, 9.17) is 0 Å². The highest BCUT2D eigenvalue weighted by molar-refractivity contribution is 5.81. The first kappa shape index (κ1) is 10.6. The Kier molecular flexibility index (Phi) is 2.99. The maximum Gasteiger partial charge on any atom is 0.223 e. The first-order chi connectivity index (χ1) is 5.95. The number of amides is 1. The third-order valence-electron chi connectivity index (χ3n) is 2.72. The number of carbonyl (C=O) groups is 1. The van der Waals surface area contributed by atoms with Crippen LogP contribution in [-0.2, 0) is 4.79 Å². The zero-order valence-corrected chi connectivity index (χ0v) is 9.18. The van der Waals surface area contributed by atoms with Crippen LogP contribution in [0.3, 0.4) is 0 Å². The van der Waals surface area contributed by atoms with E-state index in [1.165, 1.54) is 0 Å². The highest BCUT2D eigenvalue weighted by atomic mass is 16.2. The van der Waals surface area contributed by atoms with Gasteiger partial charge < -0.3 is 5.32 Å². The molecule has 0 aromatic carbocycles. The van der Waals surface area contributed by atoms with Crippen LogP contribution in [0.1, 0.15) is 47.0 Å². The zero-order valence-electron chi connectivity index (χ0n) is 9.18. The normalized spacial score (nSPS) is 19.7. The molecule has 2 heteroatoms. The van der Waals surface area contributed by atoms with Gasteiger partial charge in [-0.3, -0.25) is 4.79 Å². The predicted molar refractivity (Wildman–Crippen MR) is 54.4 cm³/mol. The minimum absolute atomic E-state index is 0.180. The second-order valence-corrected chi connectivity index (χ2v) is 5.11. The average molecular weight is 183 g/mol. The van der Waals surface area contributed by atoms with E-state index in [0.29, 0.717) is 12.0 Å². The van der Waals surface area contributed by atoms with Crippen molar-refractivity contribution in [3.8, 4) is 0 Å². The van der Waals surface area contributed by atoms with E-state index in [-0.39, 0.29) is 11.3 Å². The molecule has 0 aromatic heterocycles. The number of rotatable bonds is 3. The first-order valence-corrected chi connectivity index (χ1v) is 5.25. The molecule has 0 bridgehead atoms. The van der Waals surface area contributed by atoms with Crippen molar-refractivity contribution < 1.29 is 4.79 Å². The fourth-order valence-corrected chi connectivity index (χ4v) is 1.57. The van der Waals surface area contributed by atoms with Crippen molar-refractivity contribution in [1.82, 2.24) is 5.32 Å². The van der Waals surface area contributed by atoms with E-state index < -0.39 is 0 Å². The molecule has 0 aromatic rings. The quantitative estimate of drug-likeness (QED) is 0.715. The summed E-state index contributed by atoms with van der Waals surface area (Å²) in [6.45, 7) is 8.65. The van der Waals surface area contributed by atoms with E-state index in [2.05, 4.69) is 33.0 Å². The van der Waals surface area contributed by atoms with Gasteiger partial charge in [0.05, 0.1) is 0 Å². The molecule has 1 aliphatic rings. The smallest absolute Gasteiger partial charge is 0.223 e. The molecular weight excluding hydrogens is 162 g/mol. The largest absolute Gasteiger partial charge is 0.353 e. The molecule has 2 nitrogen and oxygen atoms in total. The van der Waals surface area contributed by atoms with Gasteiger partial charge in [0, 0.05) is 12.0 Å². The molecule has 0 heterocycles. The van der Waals surface area contributed by atoms with Crippen molar-refractivity contribution in [2.75, 3.05) is 0 Å². The number of nitrogens with one attached hydrogen (secondary N) is 1. The number of hydrogen-bond acceptors (Lipinski definition) is 1. The van der Waals surface area contributed by atoms with Crippen LogP contribution in [0.25, 0.3) is 0 Å². The summed E-state index contributed by atoms with van der Waals surface area (Å²) in [4.78, 5) is 11.5. The Morgan fingerprint density at radius 3 is 2.31 bits per heavy atom. The van der Waals surface area contributed by atoms with Crippen LogP contribution in [0.4, 0.5) is 0 Å². The van der Waals surface area contributed by atoms with Crippen LogP contribution in [0, 0.1) is 11.3 Å².